The first-order valence-corrected chi connectivity index (χ1v) is 20.1. The smallest absolute Gasteiger partial charge is 0.317 e. The van der Waals surface area contributed by atoms with Gasteiger partial charge in [0.05, 0.1) is 18.2 Å². The summed E-state index contributed by atoms with van der Waals surface area (Å²) < 4.78 is 15.0. The van der Waals surface area contributed by atoms with Crippen LogP contribution in [0.3, 0.4) is 0 Å². The first-order valence-electron chi connectivity index (χ1n) is 19.7. The van der Waals surface area contributed by atoms with Gasteiger partial charge in [0.1, 0.15) is 5.82 Å². The Kier molecular flexibility index (Phi) is 11.4. The van der Waals surface area contributed by atoms with Crippen LogP contribution in [0.1, 0.15) is 132 Å². The molecule has 4 saturated carbocycles. The van der Waals surface area contributed by atoms with E-state index in [4.69, 9.17) is 11.6 Å². The van der Waals surface area contributed by atoms with Crippen LogP contribution in [-0.4, -0.2) is 57.8 Å². The van der Waals surface area contributed by atoms with Gasteiger partial charge in [-0.05, 0) is 143 Å². The van der Waals surface area contributed by atoms with Crippen molar-refractivity contribution in [3.8, 4) is 0 Å². The number of aliphatic hydroxyl groups is 2. The van der Waals surface area contributed by atoms with E-state index in [0.717, 1.165) is 36.3 Å². The van der Waals surface area contributed by atoms with Gasteiger partial charge in [-0.3, -0.25) is 4.79 Å². The monoisotopic (exact) mass is 734 g/mol. The molecule has 0 aliphatic heterocycles. The summed E-state index contributed by atoms with van der Waals surface area (Å²) in [5.41, 5.74) is 1.91. The number of rotatable bonds is 8. The Labute approximate surface area is 315 Å². The minimum absolute atomic E-state index is 0.0385. The minimum atomic E-state index is -1.22. The standard InChI is InChI=1S/C44H60ClFN2O4/c1-27(2)47-41(51)48(25-30-14-15-31-23-37(30)42(31,4)5)26-44(52)20-18-36-33-17-13-29(21-32(49)16-12-28(3)9-8-19-43(36,44)6)22-34(33)40(50)24-35-38(45)10-7-11-39(35)46/h7,9-11,13,17,22,27,30-32,36-37,49,52H,8,12,14-16,18-21,23-26H2,1-6H3,(H,47,51). The lowest BCUT2D eigenvalue weighted by molar-refractivity contribution is -0.118. The van der Waals surface area contributed by atoms with Crippen LogP contribution in [0.4, 0.5) is 9.18 Å². The van der Waals surface area contributed by atoms with Crippen molar-refractivity contribution < 1.29 is 24.2 Å². The van der Waals surface area contributed by atoms with Gasteiger partial charge in [0.15, 0.2) is 5.78 Å². The summed E-state index contributed by atoms with van der Waals surface area (Å²) in [4.78, 5) is 30.2. The van der Waals surface area contributed by atoms with Gasteiger partial charge in [0.2, 0.25) is 0 Å². The Bertz CT molecular complexity index is 1670. The Balaban J connectivity index is 1.39. The number of ketones is 1. The molecule has 0 radical (unpaired) electrons. The second-order valence-corrected chi connectivity index (χ2v) is 18.3. The van der Waals surface area contributed by atoms with Gasteiger partial charge in [0.25, 0.3) is 0 Å². The van der Waals surface area contributed by atoms with E-state index >= 15 is 0 Å². The van der Waals surface area contributed by atoms with Gasteiger partial charge >= 0.3 is 6.03 Å². The molecule has 8 heteroatoms. The van der Waals surface area contributed by atoms with Crippen LogP contribution in [0.5, 0.6) is 0 Å². The summed E-state index contributed by atoms with van der Waals surface area (Å²) in [6.07, 6.45) is 9.24. The summed E-state index contributed by atoms with van der Waals surface area (Å²) in [6.45, 7) is 13.8. The van der Waals surface area contributed by atoms with E-state index in [2.05, 4.69) is 39.1 Å². The lowest BCUT2D eigenvalue weighted by Gasteiger charge is -2.60. The predicted molar refractivity (Wildman–Crippen MR) is 206 cm³/mol. The lowest BCUT2D eigenvalue weighted by Crippen LogP contribution is -2.59. The summed E-state index contributed by atoms with van der Waals surface area (Å²) >= 11 is 6.41. The van der Waals surface area contributed by atoms with Crippen molar-refractivity contribution in [1.29, 1.82) is 0 Å². The SMILES string of the molecule is CC1=CCCC2(C)C(CCC2(O)CN(CC2CCC3CC2C3(C)C)C(=O)NC(C)C)c2ccc(cc2C(=O)Cc2c(F)cccc2Cl)CC(O)CC1. The average molecular weight is 735 g/mol. The molecule has 7 atom stereocenters. The van der Waals surface area contributed by atoms with Crippen molar-refractivity contribution in [2.45, 2.75) is 136 Å². The summed E-state index contributed by atoms with van der Waals surface area (Å²) in [6, 6.07) is 10.2. The number of carbonyl (C=O) groups is 2. The number of halogens is 2. The van der Waals surface area contributed by atoms with Crippen LogP contribution >= 0.6 is 11.6 Å². The zero-order chi connectivity index (χ0) is 37.6. The summed E-state index contributed by atoms with van der Waals surface area (Å²) in [5, 5.41) is 27.4. The highest BCUT2D eigenvalue weighted by molar-refractivity contribution is 6.31. The van der Waals surface area contributed by atoms with Gasteiger partial charge in [-0.25, -0.2) is 9.18 Å². The molecule has 7 unspecified atom stereocenters. The van der Waals surface area contributed by atoms with Gasteiger partial charge in [0, 0.05) is 40.6 Å². The van der Waals surface area contributed by atoms with Crippen LogP contribution in [0.25, 0.3) is 0 Å². The number of aliphatic hydroxyl groups excluding tert-OH is 1. The fourth-order valence-electron chi connectivity index (χ4n) is 10.5. The first-order chi connectivity index (χ1) is 24.5. The number of hydrogen-bond donors (Lipinski definition) is 3. The maximum Gasteiger partial charge on any atom is 0.317 e. The molecule has 8 rings (SSSR count). The van der Waals surface area contributed by atoms with Gasteiger partial charge in [-0.15, -0.1) is 0 Å². The van der Waals surface area contributed by atoms with E-state index < -0.39 is 22.9 Å². The van der Waals surface area contributed by atoms with Crippen LogP contribution < -0.4 is 5.32 Å². The van der Waals surface area contributed by atoms with E-state index in [1.54, 1.807) is 6.07 Å². The average Bonchev–Trinajstić information content (AvgIpc) is 3.33. The normalized spacial score (nSPS) is 31.3. The first kappa shape index (κ1) is 39.0. The van der Waals surface area contributed by atoms with Crippen LogP contribution in [0.15, 0.2) is 48.0 Å². The second kappa shape index (κ2) is 15.2. The molecule has 6 aliphatic carbocycles. The van der Waals surface area contributed by atoms with E-state index in [0.29, 0.717) is 56.0 Å². The summed E-state index contributed by atoms with van der Waals surface area (Å²) in [5.74, 6) is 0.760. The zero-order valence-corrected chi connectivity index (χ0v) is 32.9. The van der Waals surface area contributed by atoms with Crippen molar-refractivity contribution in [2.75, 3.05) is 13.1 Å². The molecule has 6 aliphatic rings. The van der Waals surface area contributed by atoms with E-state index in [1.807, 2.05) is 36.9 Å². The van der Waals surface area contributed by atoms with E-state index in [-0.39, 0.29) is 52.7 Å². The van der Waals surface area contributed by atoms with Crippen molar-refractivity contribution in [3.05, 3.63) is 81.1 Å². The molecular formula is C44H60ClFN2O4. The van der Waals surface area contributed by atoms with Crippen molar-refractivity contribution in [2.24, 2.45) is 28.6 Å². The van der Waals surface area contributed by atoms with Crippen molar-refractivity contribution in [3.63, 3.8) is 0 Å². The minimum Gasteiger partial charge on any atom is -0.393 e. The van der Waals surface area contributed by atoms with E-state index in [9.17, 15) is 24.2 Å². The molecule has 52 heavy (non-hydrogen) atoms. The molecule has 2 aromatic rings. The van der Waals surface area contributed by atoms with Gasteiger partial charge in [-0.2, -0.15) is 0 Å². The highest BCUT2D eigenvalue weighted by Crippen LogP contribution is 2.62. The molecule has 6 nitrogen and oxygen atoms in total. The molecular weight excluding hydrogens is 675 g/mol. The number of fused-ring (bicyclic) bond motifs is 10. The number of carbonyl (C=O) groups excluding carboxylic acids is 2. The highest BCUT2D eigenvalue weighted by Gasteiger charge is 2.59. The number of amides is 2. The van der Waals surface area contributed by atoms with Crippen LogP contribution in [0, 0.1) is 34.4 Å². The molecule has 3 N–H and O–H groups in total. The van der Waals surface area contributed by atoms with Gasteiger partial charge < -0.3 is 20.4 Å². The number of allylic oxidation sites excluding steroid dienone is 2. The second-order valence-electron chi connectivity index (χ2n) is 17.9. The number of Topliss-reactive ketones (excluding diaryl/α,β-unsaturated/α-hetero) is 1. The third-order valence-corrected chi connectivity index (χ3v) is 14.3. The molecule has 0 heterocycles. The molecule has 2 aromatic carbocycles. The molecule has 4 fully saturated rings. The van der Waals surface area contributed by atoms with Gasteiger partial charge in [-0.1, -0.05) is 62.2 Å². The summed E-state index contributed by atoms with van der Waals surface area (Å²) in [7, 11) is 0. The number of urea groups is 1. The fourth-order valence-corrected chi connectivity index (χ4v) is 10.8. The Morgan fingerprint density at radius 3 is 2.54 bits per heavy atom. The quantitative estimate of drug-likeness (QED) is 0.186. The Morgan fingerprint density at radius 2 is 1.85 bits per heavy atom. The van der Waals surface area contributed by atoms with Crippen molar-refractivity contribution >= 4 is 23.4 Å². The van der Waals surface area contributed by atoms with Crippen LogP contribution in [0.2, 0.25) is 5.02 Å². The molecule has 2 amide bonds. The number of nitrogens with one attached hydrogen (secondary N) is 1. The third-order valence-electron chi connectivity index (χ3n) is 14.0. The zero-order valence-electron chi connectivity index (χ0n) is 32.1. The number of nitrogens with zero attached hydrogens (tertiary/aromatic N) is 1. The Morgan fingerprint density at radius 1 is 1.08 bits per heavy atom. The molecule has 4 bridgehead atoms. The topological polar surface area (TPSA) is 89.9 Å². The maximum absolute atomic E-state index is 15.0. The lowest BCUT2D eigenvalue weighted by atomic mass is 9.45. The molecule has 0 spiro atoms. The maximum atomic E-state index is 15.0. The number of hydrogen-bond acceptors (Lipinski definition) is 4. The predicted octanol–water partition coefficient (Wildman–Crippen LogP) is 9.44. The van der Waals surface area contributed by atoms with Crippen LogP contribution in [-0.2, 0) is 12.8 Å². The van der Waals surface area contributed by atoms with E-state index in [1.165, 1.54) is 30.5 Å². The third kappa shape index (κ3) is 7.61. The fraction of sp³-hybridized carbons (Fsp3) is 0.636. The van der Waals surface area contributed by atoms with Crippen molar-refractivity contribution in [1.82, 2.24) is 10.2 Å². The Hall–Kier alpha value is -2.74. The molecule has 0 saturated heterocycles. The molecule has 284 valence electrons. The molecule has 0 aromatic heterocycles. The largest absolute Gasteiger partial charge is 0.393 e. The highest BCUT2D eigenvalue weighted by atomic mass is 35.5. The number of benzene rings is 2.